The van der Waals surface area contributed by atoms with Gasteiger partial charge in [0.15, 0.2) is 0 Å². The van der Waals surface area contributed by atoms with Gasteiger partial charge in [-0.25, -0.2) is 0 Å². The Bertz CT molecular complexity index is 325. The standard InChI is InChI=1S/C12H21N3OS/c1-9(2)4-5-14-12(16)10(3)15-7-11-6-13-8-17-11/h6,8-10,15H,4-5,7H2,1-3H3,(H,14,16). The van der Waals surface area contributed by atoms with Crippen LogP contribution >= 0.6 is 11.3 Å². The van der Waals surface area contributed by atoms with E-state index in [0.717, 1.165) is 17.8 Å². The maximum atomic E-state index is 11.7. The molecule has 2 N–H and O–H groups in total. The molecule has 0 bridgehead atoms. The number of carbonyl (C=O) groups excluding carboxylic acids is 1. The number of aromatic nitrogens is 1. The van der Waals surface area contributed by atoms with Crippen LogP contribution in [0.2, 0.25) is 0 Å². The monoisotopic (exact) mass is 255 g/mol. The van der Waals surface area contributed by atoms with Gasteiger partial charge < -0.3 is 10.6 Å². The maximum Gasteiger partial charge on any atom is 0.236 e. The van der Waals surface area contributed by atoms with Gasteiger partial charge >= 0.3 is 0 Å². The third kappa shape index (κ3) is 5.79. The number of nitrogens with zero attached hydrogens (tertiary/aromatic N) is 1. The highest BCUT2D eigenvalue weighted by Crippen LogP contribution is 2.04. The Labute approximate surface area is 107 Å². The summed E-state index contributed by atoms with van der Waals surface area (Å²) in [5, 5.41) is 6.11. The van der Waals surface area contributed by atoms with Crippen molar-refractivity contribution in [2.45, 2.75) is 39.8 Å². The van der Waals surface area contributed by atoms with Gasteiger partial charge in [-0.3, -0.25) is 9.78 Å². The molecule has 1 rings (SSSR count). The smallest absolute Gasteiger partial charge is 0.236 e. The minimum absolute atomic E-state index is 0.0650. The molecular formula is C12H21N3OS. The molecule has 1 aromatic heterocycles. The molecule has 0 radical (unpaired) electrons. The van der Waals surface area contributed by atoms with Crippen molar-refractivity contribution in [1.29, 1.82) is 0 Å². The minimum atomic E-state index is -0.163. The molecule has 0 saturated heterocycles. The van der Waals surface area contributed by atoms with Gasteiger partial charge in [-0.05, 0) is 19.3 Å². The average molecular weight is 255 g/mol. The van der Waals surface area contributed by atoms with Crippen LogP contribution in [0.5, 0.6) is 0 Å². The summed E-state index contributed by atoms with van der Waals surface area (Å²) >= 11 is 1.59. The maximum absolute atomic E-state index is 11.7. The van der Waals surface area contributed by atoms with Gasteiger partial charge in [0.05, 0.1) is 11.6 Å². The Hall–Kier alpha value is -0.940. The number of rotatable bonds is 7. The van der Waals surface area contributed by atoms with Gasteiger partial charge in [0.25, 0.3) is 0 Å². The van der Waals surface area contributed by atoms with E-state index < -0.39 is 0 Å². The minimum Gasteiger partial charge on any atom is -0.355 e. The van der Waals surface area contributed by atoms with Crippen LogP contribution in [0.15, 0.2) is 11.7 Å². The second kappa shape index (κ2) is 7.40. The second-order valence-electron chi connectivity index (χ2n) is 4.54. The van der Waals surface area contributed by atoms with Gasteiger partial charge in [0.1, 0.15) is 0 Å². The van der Waals surface area contributed by atoms with E-state index in [1.165, 1.54) is 0 Å². The van der Waals surface area contributed by atoms with Crippen LogP contribution in [0.4, 0.5) is 0 Å². The third-order valence-electron chi connectivity index (χ3n) is 2.48. The molecule has 1 amide bonds. The SMILES string of the molecule is CC(C)CCNC(=O)C(C)NCc1cncs1. The molecular weight excluding hydrogens is 234 g/mol. The Morgan fingerprint density at radius 3 is 2.82 bits per heavy atom. The fourth-order valence-electron chi connectivity index (χ4n) is 1.31. The Morgan fingerprint density at radius 1 is 1.47 bits per heavy atom. The quantitative estimate of drug-likeness (QED) is 0.781. The number of nitrogens with one attached hydrogen (secondary N) is 2. The largest absolute Gasteiger partial charge is 0.355 e. The van der Waals surface area contributed by atoms with Crippen molar-refractivity contribution in [2.75, 3.05) is 6.54 Å². The van der Waals surface area contributed by atoms with Crippen molar-refractivity contribution in [2.24, 2.45) is 5.92 Å². The summed E-state index contributed by atoms with van der Waals surface area (Å²) in [6.45, 7) is 7.63. The molecule has 96 valence electrons. The number of thiazole rings is 1. The first-order chi connectivity index (χ1) is 8.09. The van der Waals surface area contributed by atoms with Gasteiger partial charge in [0.2, 0.25) is 5.91 Å². The lowest BCUT2D eigenvalue weighted by molar-refractivity contribution is -0.122. The molecule has 0 aliphatic rings. The van der Waals surface area contributed by atoms with Crippen molar-refractivity contribution >= 4 is 17.2 Å². The molecule has 0 aliphatic heterocycles. The highest BCUT2D eigenvalue weighted by molar-refractivity contribution is 7.09. The lowest BCUT2D eigenvalue weighted by Gasteiger charge is -2.14. The van der Waals surface area contributed by atoms with E-state index in [2.05, 4.69) is 29.5 Å². The van der Waals surface area contributed by atoms with Crippen molar-refractivity contribution in [3.05, 3.63) is 16.6 Å². The van der Waals surface area contributed by atoms with Crippen molar-refractivity contribution < 1.29 is 4.79 Å². The van der Waals surface area contributed by atoms with E-state index in [-0.39, 0.29) is 11.9 Å². The van der Waals surface area contributed by atoms with Crippen LogP contribution in [0.25, 0.3) is 0 Å². The molecule has 5 heteroatoms. The average Bonchev–Trinajstić information content (AvgIpc) is 2.78. The van der Waals surface area contributed by atoms with Crippen LogP contribution in [0.3, 0.4) is 0 Å². The summed E-state index contributed by atoms with van der Waals surface area (Å²) in [5.74, 6) is 0.686. The molecule has 17 heavy (non-hydrogen) atoms. The summed E-state index contributed by atoms with van der Waals surface area (Å²) < 4.78 is 0. The summed E-state index contributed by atoms with van der Waals surface area (Å²) in [7, 11) is 0. The van der Waals surface area contributed by atoms with E-state index >= 15 is 0 Å². The number of hydrogen-bond acceptors (Lipinski definition) is 4. The summed E-state index contributed by atoms with van der Waals surface area (Å²) in [5.41, 5.74) is 1.80. The molecule has 1 atom stereocenters. The first kappa shape index (κ1) is 14.1. The molecule has 0 saturated carbocycles. The van der Waals surface area contributed by atoms with Crippen LogP contribution in [0, 0.1) is 5.92 Å². The van der Waals surface area contributed by atoms with Crippen LogP contribution in [-0.4, -0.2) is 23.5 Å². The first-order valence-electron chi connectivity index (χ1n) is 5.98. The lowest BCUT2D eigenvalue weighted by Crippen LogP contribution is -2.42. The van der Waals surface area contributed by atoms with Crippen LogP contribution in [-0.2, 0) is 11.3 Å². The highest BCUT2D eigenvalue weighted by Gasteiger charge is 2.11. The topological polar surface area (TPSA) is 54.0 Å². The zero-order valence-electron chi connectivity index (χ0n) is 10.7. The van der Waals surface area contributed by atoms with Crippen LogP contribution < -0.4 is 10.6 Å². The zero-order chi connectivity index (χ0) is 12.7. The summed E-state index contributed by atoms with van der Waals surface area (Å²) in [6, 6.07) is -0.163. The van der Waals surface area contributed by atoms with E-state index in [1.807, 2.05) is 13.1 Å². The molecule has 1 heterocycles. The van der Waals surface area contributed by atoms with Gasteiger partial charge in [-0.15, -0.1) is 11.3 Å². The van der Waals surface area contributed by atoms with E-state index in [1.54, 1.807) is 16.8 Å². The number of amides is 1. The number of hydrogen-bond donors (Lipinski definition) is 2. The molecule has 1 unspecified atom stereocenters. The van der Waals surface area contributed by atoms with Crippen molar-refractivity contribution in [1.82, 2.24) is 15.6 Å². The van der Waals surface area contributed by atoms with Gasteiger partial charge in [0, 0.05) is 24.2 Å². The molecule has 1 aromatic rings. The third-order valence-corrected chi connectivity index (χ3v) is 3.26. The van der Waals surface area contributed by atoms with Gasteiger partial charge in [-0.1, -0.05) is 13.8 Å². The summed E-state index contributed by atoms with van der Waals surface area (Å²) in [4.78, 5) is 16.8. The second-order valence-corrected chi connectivity index (χ2v) is 5.51. The predicted octanol–water partition coefficient (Wildman–Crippen LogP) is 1.78. The first-order valence-corrected chi connectivity index (χ1v) is 6.86. The fourth-order valence-corrected chi connectivity index (χ4v) is 1.86. The Balaban J connectivity index is 2.18. The van der Waals surface area contributed by atoms with E-state index in [4.69, 9.17) is 0 Å². The van der Waals surface area contributed by atoms with E-state index in [0.29, 0.717) is 12.5 Å². The number of carbonyl (C=O) groups is 1. The molecule has 0 spiro atoms. The summed E-state index contributed by atoms with van der Waals surface area (Å²) in [6.07, 6.45) is 2.84. The predicted molar refractivity (Wildman–Crippen MR) is 70.9 cm³/mol. The fraction of sp³-hybridized carbons (Fsp3) is 0.667. The Morgan fingerprint density at radius 2 is 2.24 bits per heavy atom. The Kier molecular flexibility index (Phi) is 6.15. The van der Waals surface area contributed by atoms with Crippen molar-refractivity contribution in [3.63, 3.8) is 0 Å². The molecule has 0 fully saturated rings. The van der Waals surface area contributed by atoms with Gasteiger partial charge in [-0.2, -0.15) is 0 Å². The normalized spacial score (nSPS) is 12.7. The van der Waals surface area contributed by atoms with Crippen molar-refractivity contribution in [3.8, 4) is 0 Å². The van der Waals surface area contributed by atoms with E-state index in [9.17, 15) is 4.79 Å². The van der Waals surface area contributed by atoms with Crippen LogP contribution in [0.1, 0.15) is 32.1 Å². The lowest BCUT2D eigenvalue weighted by atomic mass is 10.1. The highest BCUT2D eigenvalue weighted by atomic mass is 32.1. The molecule has 0 aromatic carbocycles. The molecule has 0 aliphatic carbocycles. The molecule has 4 nitrogen and oxygen atoms in total. The zero-order valence-corrected chi connectivity index (χ0v) is 11.5.